The Bertz CT molecular complexity index is 396. The summed E-state index contributed by atoms with van der Waals surface area (Å²) in [7, 11) is -7.09. The Labute approximate surface area is 78.2 Å². The summed E-state index contributed by atoms with van der Waals surface area (Å²) >= 11 is 0. The van der Waals surface area contributed by atoms with Crippen LogP contribution in [-0.4, -0.2) is 17.2 Å². The highest BCUT2D eigenvalue weighted by atomic mass is 33.2. The molecule has 0 saturated heterocycles. The number of hydrogen-bond donors (Lipinski definition) is 0. The van der Waals surface area contributed by atoms with Gasteiger partial charge < -0.3 is 4.55 Å². The maximum atomic E-state index is 10.9. The highest BCUT2D eigenvalue weighted by Gasteiger charge is 2.11. The minimum absolute atomic E-state index is 0.465. The molecule has 0 bridgehead atoms. The standard InChI is InChI=1S/C7H8O4S2/c8-12(9)13(10,11)6-7-4-2-1-3-5-7/h1-5H,6H2,(H,8,9)/p-1. The molecule has 0 fully saturated rings. The molecular weight excluding hydrogens is 212 g/mol. The van der Waals surface area contributed by atoms with Crippen molar-refractivity contribution in [3.63, 3.8) is 0 Å². The fourth-order valence-electron chi connectivity index (χ4n) is 0.826. The normalized spacial score (nSPS) is 13.9. The van der Waals surface area contributed by atoms with Gasteiger partial charge in [0.1, 0.15) is 0 Å². The van der Waals surface area contributed by atoms with Crippen molar-refractivity contribution in [2.45, 2.75) is 5.75 Å². The van der Waals surface area contributed by atoms with E-state index in [0.29, 0.717) is 5.56 Å². The van der Waals surface area contributed by atoms with Crippen molar-refractivity contribution < 1.29 is 17.2 Å². The Morgan fingerprint density at radius 1 is 1.23 bits per heavy atom. The van der Waals surface area contributed by atoms with Crippen LogP contribution < -0.4 is 0 Å². The molecule has 0 aliphatic rings. The zero-order valence-corrected chi connectivity index (χ0v) is 8.18. The van der Waals surface area contributed by atoms with Crippen molar-refractivity contribution in [2.75, 3.05) is 0 Å². The van der Waals surface area contributed by atoms with Crippen LogP contribution in [0.25, 0.3) is 0 Å². The Balaban J connectivity index is 2.88. The molecule has 1 unspecified atom stereocenters. The number of hydrogen-bond acceptors (Lipinski definition) is 4. The second-order valence-corrected chi connectivity index (χ2v) is 6.54. The molecule has 1 atom stereocenters. The number of rotatable bonds is 3. The third kappa shape index (κ3) is 2.91. The predicted octanol–water partition coefficient (Wildman–Crippen LogP) is 0.396. The van der Waals surface area contributed by atoms with Crippen LogP contribution in [-0.2, 0) is 24.7 Å². The maximum Gasteiger partial charge on any atom is 0.221 e. The fourth-order valence-corrected chi connectivity index (χ4v) is 2.22. The molecule has 1 aromatic rings. The van der Waals surface area contributed by atoms with Crippen LogP contribution >= 0.6 is 0 Å². The molecule has 0 N–H and O–H groups in total. The van der Waals surface area contributed by atoms with Crippen LogP contribution in [0.4, 0.5) is 0 Å². The minimum Gasteiger partial charge on any atom is -0.760 e. The van der Waals surface area contributed by atoms with Crippen LogP contribution in [0.15, 0.2) is 30.3 Å². The van der Waals surface area contributed by atoms with Crippen LogP contribution in [0.1, 0.15) is 5.56 Å². The second kappa shape index (κ2) is 3.99. The fraction of sp³-hybridized carbons (Fsp3) is 0.143. The first-order valence-corrected chi connectivity index (χ1v) is 6.63. The van der Waals surface area contributed by atoms with E-state index in [1.807, 2.05) is 0 Å². The van der Waals surface area contributed by atoms with Crippen LogP contribution in [0.3, 0.4) is 0 Å². The van der Waals surface area contributed by atoms with Crippen LogP contribution in [0.2, 0.25) is 0 Å². The van der Waals surface area contributed by atoms with Gasteiger partial charge in [0.25, 0.3) is 0 Å². The Hall–Kier alpha value is -0.720. The molecule has 0 aromatic heterocycles. The summed E-state index contributed by atoms with van der Waals surface area (Å²) in [6, 6.07) is 8.15. The van der Waals surface area contributed by atoms with Gasteiger partial charge in [0.2, 0.25) is 8.87 Å². The van der Waals surface area contributed by atoms with E-state index in [1.54, 1.807) is 30.3 Å². The molecule has 0 spiro atoms. The molecule has 72 valence electrons. The smallest absolute Gasteiger partial charge is 0.221 e. The molecule has 6 heteroatoms. The molecule has 13 heavy (non-hydrogen) atoms. The van der Waals surface area contributed by atoms with Gasteiger partial charge in [-0.15, -0.1) is 0 Å². The van der Waals surface area contributed by atoms with Crippen molar-refractivity contribution >= 4 is 19.0 Å². The zero-order valence-electron chi connectivity index (χ0n) is 6.54. The van der Waals surface area contributed by atoms with Gasteiger partial charge in [-0.1, -0.05) is 30.3 Å². The average molecular weight is 219 g/mol. The monoisotopic (exact) mass is 219 g/mol. The van der Waals surface area contributed by atoms with Gasteiger partial charge in [0.05, 0.1) is 15.9 Å². The molecule has 0 heterocycles. The first kappa shape index (κ1) is 10.4. The van der Waals surface area contributed by atoms with Gasteiger partial charge >= 0.3 is 0 Å². The van der Waals surface area contributed by atoms with Crippen molar-refractivity contribution in [1.29, 1.82) is 0 Å². The molecule has 0 radical (unpaired) electrons. The summed E-state index contributed by atoms with van der Waals surface area (Å²) in [4.78, 5) is 0. The SMILES string of the molecule is O=S([O-])S(=O)(=O)Cc1ccccc1. The molecular formula is C7H7O4S2-. The Morgan fingerprint density at radius 2 is 1.77 bits per heavy atom. The first-order chi connectivity index (χ1) is 6.02. The predicted molar refractivity (Wildman–Crippen MR) is 48.0 cm³/mol. The zero-order chi connectivity index (χ0) is 9.90. The van der Waals surface area contributed by atoms with E-state index < -0.39 is 24.7 Å². The van der Waals surface area contributed by atoms with E-state index in [9.17, 15) is 17.2 Å². The van der Waals surface area contributed by atoms with Crippen molar-refractivity contribution in [3.8, 4) is 0 Å². The van der Waals surface area contributed by atoms with Gasteiger partial charge in [0.15, 0.2) is 0 Å². The van der Waals surface area contributed by atoms with Crippen molar-refractivity contribution in [1.82, 2.24) is 0 Å². The summed E-state index contributed by atoms with van der Waals surface area (Å²) in [6.45, 7) is 0. The van der Waals surface area contributed by atoms with E-state index >= 15 is 0 Å². The first-order valence-electron chi connectivity index (χ1n) is 3.39. The lowest BCUT2D eigenvalue weighted by Gasteiger charge is -2.05. The van der Waals surface area contributed by atoms with Gasteiger partial charge in [-0.25, -0.2) is 8.42 Å². The molecule has 1 aromatic carbocycles. The minimum atomic E-state index is -4.03. The summed E-state index contributed by atoms with van der Waals surface area (Å²) < 4.78 is 42.2. The van der Waals surface area contributed by atoms with E-state index in [4.69, 9.17) is 0 Å². The summed E-state index contributed by atoms with van der Waals surface area (Å²) in [5, 5.41) is 0. The lowest BCUT2D eigenvalue weighted by molar-refractivity contribution is 0.540. The van der Waals surface area contributed by atoms with Crippen LogP contribution in [0, 0.1) is 0 Å². The van der Waals surface area contributed by atoms with Gasteiger partial charge in [-0.2, -0.15) is 0 Å². The molecule has 4 nitrogen and oxygen atoms in total. The third-order valence-electron chi connectivity index (χ3n) is 1.39. The van der Waals surface area contributed by atoms with E-state index in [-0.39, 0.29) is 0 Å². The summed E-state index contributed by atoms with van der Waals surface area (Å²) in [5.74, 6) is -0.468. The Morgan fingerprint density at radius 3 is 2.23 bits per heavy atom. The lowest BCUT2D eigenvalue weighted by atomic mass is 10.2. The van der Waals surface area contributed by atoms with Crippen LogP contribution in [0.5, 0.6) is 0 Å². The highest BCUT2D eigenvalue weighted by molar-refractivity contribution is 8.61. The quantitative estimate of drug-likeness (QED) is 0.544. The molecule has 0 aliphatic carbocycles. The average Bonchev–Trinajstić information content (AvgIpc) is 2.05. The number of benzene rings is 1. The van der Waals surface area contributed by atoms with E-state index in [2.05, 4.69) is 0 Å². The maximum absolute atomic E-state index is 10.9. The van der Waals surface area contributed by atoms with E-state index in [0.717, 1.165) is 0 Å². The summed E-state index contributed by atoms with van der Waals surface area (Å²) in [6.07, 6.45) is 0. The lowest BCUT2D eigenvalue weighted by Crippen LogP contribution is -2.10. The van der Waals surface area contributed by atoms with Gasteiger partial charge in [-0.05, 0) is 5.56 Å². The van der Waals surface area contributed by atoms with Crippen molar-refractivity contribution in [3.05, 3.63) is 35.9 Å². The third-order valence-corrected chi connectivity index (χ3v) is 4.09. The second-order valence-electron chi connectivity index (χ2n) is 2.39. The van der Waals surface area contributed by atoms with Gasteiger partial charge in [0, 0.05) is 0 Å². The van der Waals surface area contributed by atoms with Gasteiger partial charge in [-0.3, -0.25) is 4.21 Å². The molecule has 0 amide bonds. The van der Waals surface area contributed by atoms with E-state index in [1.165, 1.54) is 0 Å². The molecule has 0 aliphatic heterocycles. The molecule has 1 rings (SSSR count). The topological polar surface area (TPSA) is 74.3 Å². The molecule has 0 saturated carbocycles. The largest absolute Gasteiger partial charge is 0.760 e. The Kier molecular flexibility index (Phi) is 3.18. The van der Waals surface area contributed by atoms with Crippen molar-refractivity contribution in [2.24, 2.45) is 0 Å². The highest BCUT2D eigenvalue weighted by Crippen LogP contribution is 2.07. The summed E-state index contributed by atoms with van der Waals surface area (Å²) in [5.41, 5.74) is 0.465.